The van der Waals surface area contributed by atoms with E-state index >= 15 is 0 Å². The summed E-state index contributed by atoms with van der Waals surface area (Å²) in [4.78, 5) is 14.6. The second-order valence-corrected chi connectivity index (χ2v) is 6.60. The molecule has 0 aromatic heterocycles. The summed E-state index contributed by atoms with van der Waals surface area (Å²) < 4.78 is 0. The fraction of sp³-hybridized carbons (Fsp3) is 0.562. The molecule has 0 atom stereocenters. The number of Topliss-reactive ketones (excluding diaryl/α,β-unsaturated/α-hetero) is 1. The van der Waals surface area contributed by atoms with E-state index in [0.717, 1.165) is 19.6 Å². The molecule has 1 saturated heterocycles. The predicted octanol–water partition coefficient (Wildman–Crippen LogP) is 4.03. The van der Waals surface area contributed by atoms with Gasteiger partial charge in [0.25, 0.3) is 0 Å². The molecule has 0 radical (unpaired) electrons. The van der Waals surface area contributed by atoms with Crippen molar-refractivity contribution in [1.82, 2.24) is 4.90 Å². The van der Waals surface area contributed by atoms with Gasteiger partial charge in [-0.2, -0.15) is 0 Å². The van der Waals surface area contributed by atoms with Crippen molar-refractivity contribution in [2.45, 2.75) is 33.1 Å². The molecule has 0 bridgehead atoms. The van der Waals surface area contributed by atoms with E-state index in [-0.39, 0.29) is 5.78 Å². The molecule has 1 aliphatic rings. The number of nitrogens with zero attached hydrogens (tertiary/aromatic N) is 1. The standard InChI is InChI=1S/C16H22ClNO/c1-16(2)9-5-10-18(12-16)11-8-15(19)13-6-3-4-7-14(13)17/h3-4,6-7H,5,8-12H2,1-2H3. The zero-order valence-corrected chi connectivity index (χ0v) is 12.5. The van der Waals surface area contributed by atoms with Crippen LogP contribution in [0.25, 0.3) is 0 Å². The maximum Gasteiger partial charge on any atom is 0.165 e. The number of carbonyl (C=O) groups excluding carboxylic acids is 1. The Hall–Kier alpha value is -0.860. The van der Waals surface area contributed by atoms with Gasteiger partial charge in [0.1, 0.15) is 0 Å². The Labute approximate surface area is 120 Å². The van der Waals surface area contributed by atoms with Gasteiger partial charge in [0.2, 0.25) is 0 Å². The third kappa shape index (κ3) is 4.05. The number of hydrogen-bond donors (Lipinski definition) is 0. The minimum Gasteiger partial charge on any atom is -0.302 e. The SMILES string of the molecule is CC1(C)CCCN(CCC(=O)c2ccccc2Cl)C1. The number of halogens is 1. The van der Waals surface area contributed by atoms with Crippen molar-refractivity contribution < 1.29 is 4.79 Å². The van der Waals surface area contributed by atoms with E-state index in [1.165, 1.54) is 12.8 Å². The average Bonchev–Trinajstić information content (AvgIpc) is 2.35. The first-order valence-electron chi connectivity index (χ1n) is 6.98. The van der Waals surface area contributed by atoms with Crippen LogP contribution in [0.1, 0.15) is 43.5 Å². The zero-order chi connectivity index (χ0) is 13.9. The van der Waals surface area contributed by atoms with Crippen molar-refractivity contribution in [2.75, 3.05) is 19.6 Å². The third-order valence-corrected chi connectivity index (χ3v) is 4.14. The summed E-state index contributed by atoms with van der Waals surface area (Å²) >= 11 is 6.05. The van der Waals surface area contributed by atoms with Crippen LogP contribution in [0.2, 0.25) is 5.02 Å². The second kappa shape index (κ2) is 6.06. The van der Waals surface area contributed by atoms with Crippen LogP contribution in [0.4, 0.5) is 0 Å². The molecule has 0 unspecified atom stereocenters. The highest BCUT2D eigenvalue weighted by Gasteiger charge is 2.26. The first kappa shape index (κ1) is 14.5. The number of benzene rings is 1. The van der Waals surface area contributed by atoms with Gasteiger partial charge in [-0.05, 0) is 36.9 Å². The summed E-state index contributed by atoms with van der Waals surface area (Å²) in [5.74, 6) is 0.147. The van der Waals surface area contributed by atoms with E-state index < -0.39 is 0 Å². The molecule has 1 heterocycles. The Morgan fingerprint density at radius 1 is 1.37 bits per heavy atom. The summed E-state index contributed by atoms with van der Waals surface area (Å²) in [6, 6.07) is 7.30. The highest BCUT2D eigenvalue weighted by molar-refractivity contribution is 6.33. The molecular formula is C16H22ClNO. The van der Waals surface area contributed by atoms with Gasteiger partial charge in [-0.3, -0.25) is 4.79 Å². The monoisotopic (exact) mass is 279 g/mol. The molecule has 2 rings (SSSR count). The van der Waals surface area contributed by atoms with Crippen molar-refractivity contribution in [3.8, 4) is 0 Å². The van der Waals surface area contributed by atoms with Gasteiger partial charge in [-0.15, -0.1) is 0 Å². The Balaban J connectivity index is 1.89. The quantitative estimate of drug-likeness (QED) is 0.776. The fourth-order valence-corrected chi connectivity index (χ4v) is 3.06. The molecular weight excluding hydrogens is 258 g/mol. The highest BCUT2D eigenvalue weighted by Crippen LogP contribution is 2.28. The summed E-state index contributed by atoms with van der Waals surface area (Å²) in [6.07, 6.45) is 3.06. The topological polar surface area (TPSA) is 20.3 Å². The first-order chi connectivity index (χ1) is 8.98. The molecule has 3 heteroatoms. The third-order valence-electron chi connectivity index (χ3n) is 3.81. The van der Waals surface area contributed by atoms with Crippen LogP contribution in [0.3, 0.4) is 0 Å². The lowest BCUT2D eigenvalue weighted by Gasteiger charge is -2.37. The average molecular weight is 280 g/mol. The summed E-state index contributed by atoms with van der Waals surface area (Å²) in [6.45, 7) is 7.64. The van der Waals surface area contributed by atoms with Crippen LogP contribution in [0.5, 0.6) is 0 Å². The predicted molar refractivity (Wildman–Crippen MR) is 79.9 cm³/mol. The van der Waals surface area contributed by atoms with Crippen molar-refractivity contribution in [1.29, 1.82) is 0 Å². The number of hydrogen-bond acceptors (Lipinski definition) is 2. The van der Waals surface area contributed by atoms with Crippen LogP contribution < -0.4 is 0 Å². The number of rotatable bonds is 4. The number of likely N-dealkylation sites (tertiary alicyclic amines) is 1. The molecule has 0 aliphatic carbocycles. The van der Waals surface area contributed by atoms with Crippen molar-refractivity contribution >= 4 is 17.4 Å². The van der Waals surface area contributed by atoms with Crippen LogP contribution in [-0.2, 0) is 0 Å². The molecule has 104 valence electrons. The molecule has 2 nitrogen and oxygen atoms in total. The molecule has 0 spiro atoms. The summed E-state index contributed by atoms with van der Waals surface area (Å²) in [5, 5.41) is 0.562. The van der Waals surface area contributed by atoms with Crippen LogP contribution >= 0.6 is 11.6 Å². The lowest BCUT2D eigenvalue weighted by Crippen LogP contribution is -2.40. The van der Waals surface area contributed by atoms with E-state index in [9.17, 15) is 4.79 Å². The lowest BCUT2D eigenvalue weighted by molar-refractivity contribution is 0.0896. The molecule has 0 N–H and O–H groups in total. The van der Waals surface area contributed by atoms with E-state index in [2.05, 4.69) is 18.7 Å². The summed E-state index contributed by atoms with van der Waals surface area (Å²) in [7, 11) is 0. The van der Waals surface area contributed by atoms with Gasteiger partial charge in [0.15, 0.2) is 5.78 Å². The number of carbonyl (C=O) groups is 1. The largest absolute Gasteiger partial charge is 0.302 e. The molecule has 1 fully saturated rings. The maximum absolute atomic E-state index is 12.2. The van der Waals surface area contributed by atoms with Crippen LogP contribution in [-0.4, -0.2) is 30.3 Å². The van der Waals surface area contributed by atoms with Crippen molar-refractivity contribution in [3.63, 3.8) is 0 Å². The minimum absolute atomic E-state index is 0.147. The second-order valence-electron chi connectivity index (χ2n) is 6.20. The van der Waals surface area contributed by atoms with E-state index in [1.807, 2.05) is 18.2 Å². The molecule has 0 amide bonds. The van der Waals surface area contributed by atoms with E-state index in [4.69, 9.17) is 11.6 Å². The van der Waals surface area contributed by atoms with Gasteiger partial charge in [0.05, 0.1) is 5.02 Å². The smallest absolute Gasteiger partial charge is 0.165 e. The van der Waals surface area contributed by atoms with Gasteiger partial charge in [0, 0.05) is 25.1 Å². The first-order valence-corrected chi connectivity index (χ1v) is 7.36. The van der Waals surface area contributed by atoms with Gasteiger partial charge in [-0.1, -0.05) is 37.6 Å². The summed E-state index contributed by atoms with van der Waals surface area (Å²) in [5.41, 5.74) is 1.03. The molecule has 19 heavy (non-hydrogen) atoms. The maximum atomic E-state index is 12.2. The number of ketones is 1. The lowest BCUT2D eigenvalue weighted by atomic mass is 9.84. The highest BCUT2D eigenvalue weighted by atomic mass is 35.5. The molecule has 1 aromatic rings. The Kier molecular flexibility index (Phi) is 4.64. The van der Waals surface area contributed by atoms with E-state index in [1.54, 1.807) is 6.07 Å². The fourth-order valence-electron chi connectivity index (χ4n) is 2.82. The zero-order valence-electron chi connectivity index (χ0n) is 11.8. The van der Waals surface area contributed by atoms with E-state index in [0.29, 0.717) is 22.4 Å². The normalized spacial score (nSPS) is 19.3. The van der Waals surface area contributed by atoms with Gasteiger partial charge < -0.3 is 4.90 Å². The van der Waals surface area contributed by atoms with Crippen LogP contribution in [0, 0.1) is 5.41 Å². The van der Waals surface area contributed by atoms with Crippen molar-refractivity contribution in [2.24, 2.45) is 5.41 Å². The van der Waals surface area contributed by atoms with Gasteiger partial charge in [-0.25, -0.2) is 0 Å². The van der Waals surface area contributed by atoms with Crippen molar-refractivity contribution in [3.05, 3.63) is 34.9 Å². The molecule has 0 saturated carbocycles. The Morgan fingerprint density at radius 2 is 2.11 bits per heavy atom. The molecule has 1 aromatic carbocycles. The number of piperidine rings is 1. The Bertz CT molecular complexity index is 456. The molecule has 1 aliphatic heterocycles. The Morgan fingerprint density at radius 3 is 2.79 bits per heavy atom. The van der Waals surface area contributed by atoms with Gasteiger partial charge >= 0.3 is 0 Å². The van der Waals surface area contributed by atoms with Crippen LogP contribution in [0.15, 0.2) is 24.3 Å². The minimum atomic E-state index is 0.147.